The van der Waals surface area contributed by atoms with Crippen molar-refractivity contribution in [2.45, 2.75) is 32.9 Å². The van der Waals surface area contributed by atoms with Gasteiger partial charge in [-0.2, -0.15) is 0 Å². The van der Waals surface area contributed by atoms with Crippen molar-refractivity contribution in [2.75, 3.05) is 25.5 Å². The molecule has 4 nitrogen and oxygen atoms in total. The second kappa shape index (κ2) is 7.14. The molecule has 0 saturated carbocycles. The van der Waals surface area contributed by atoms with Crippen LogP contribution in [0.3, 0.4) is 0 Å². The quantitative estimate of drug-likeness (QED) is 0.821. The lowest BCUT2D eigenvalue weighted by atomic mass is 10.1. The molecule has 0 aliphatic rings. The van der Waals surface area contributed by atoms with E-state index in [4.69, 9.17) is 5.11 Å². The largest absolute Gasteiger partial charge is 0.481 e. The second-order valence-electron chi connectivity index (χ2n) is 5.27. The highest BCUT2D eigenvalue weighted by atomic mass is 16.4. The number of anilines is 1. The summed E-state index contributed by atoms with van der Waals surface area (Å²) in [6, 6.07) is 8.72. The fourth-order valence-corrected chi connectivity index (χ4v) is 1.89. The Balaban J connectivity index is 2.65. The predicted octanol–water partition coefficient (Wildman–Crippen LogP) is 2.44. The normalized spacial score (nSPS) is 11.1. The van der Waals surface area contributed by atoms with Crippen LogP contribution in [0.15, 0.2) is 24.3 Å². The van der Waals surface area contributed by atoms with Gasteiger partial charge in [-0.25, -0.2) is 0 Å². The van der Waals surface area contributed by atoms with Crippen molar-refractivity contribution in [3.8, 4) is 0 Å². The molecule has 0 fully saturated rings. The molecular weight excluding hydrogens is 240 g/mol. The average molecular weight is 264 g/mol. The van der Waals surface area contributed by atoms with Crippen molar-refractivity contribution < 1.29 is 9.90 Å². The molecule has 0 saturated heterocycles. The highest BCUT2D eigenvalue weighted by Crippen LogP contribution is 2.15. The summed E-state index contributed by atoms with van der Waals surface area (Å²) < 4.78 is 0. The third kappa shape index (κ3) is 5.30. The van der Waals surface area contributed by atoms with Crippen LogP contribution in [0.4, 0.5) is 5.69 Å². The van der Waals surface area contributed by atoms with Crippen LogP contribution < -0.4 is 4.90 Å². The van der Waals surface area contributed by atoms with Crippen LogP contribution in [-0.4, -0.2) is 42.7 Å². The van der Waals surface area contributed by atoms with E-state index < -0.39 is 5.97 Å². The summed E-state index contributed by atoms with van der Waals surface area (Å²) >= 11 is 0. The minimum atomic E-state index is -0.742. The van der Waals surface area contributed by atoms with Crippen LogP contribution in [0.1, 0.15) is 25.8 Å². The van der Waals surface area contributed by atoms with E-state index in [9.17, 15) is 4.79 Å². The van der Waals surface area contributed by atoms with Crippen molar-refractivity contribution in [3.05, 3.63) is 29.8 Å². The Labute approximate surface area is 115 Å². The number of nitrogens with zero attached hydrogens (tertiary/aromatic N) is 2. The molecule has 0 atom stereocenters. The maximum absolute atomic E-state index is 10.7. The molecule has 0 amide bonds. The van der Waals surface area contributed by atoms with E-state index in [0.29, 0.717) is 12.6 Å². The zero-order valence-electron chi connectivity index (χ0n) is 12.3. The van der Waals surface area contributed by atoms with E-state index in [1.165, 1.54) is 11.3 Å². The lowest BCUT2D eigenvalue weighted by molar-refractivity contribution is -0.137. The lowest BCUT2D eigenvalue weighted by Crippen LogP contribution is -2.32. The van der Waals surface area contributed by atoms with Gasteiger partial charge >= 0.3 is 5.97 Å². The first kappa shape index (κ1) is 15.5. The number of aliphatic carboxylic acids is 1. The molecule has 1 aromatic rings. The molecule has 4 heteroatoms. The van der Waals surface area contributed by atoms with E-state index in [-0.39, 0.29) is 6.42 Å². The van der Waals surface area contributed by atoms with E-state index in [2.05, 4.69) is 47.9 Å². The Hall–Kier alpha value is -1.55. The van der Waals surface area contributed by atoms with Gasteiger partial charge in [-0.1, -0.05) is 12.1 Å². The van der Waals surface area contributed by atoms with Crippen LogP contribution in [0.25, 0.3) is 0 Å². The molecule has 0 aromatic heterocycles. The van der Waals surface area contributed by atoms with Gasteiger partial charge in [0.1, 0.15) is 0 Å². The van der Waals surface area contributed by atoms with Crippen molar-refractivity contribution in [3.63, 3.8) is 0 Å². The minimum Gasteiger partial charge on any atom is -0.481 e. The highest BCUT2D eigenvalue weighted by Gasteiger charge is 2.11. The number of carboxylic acid groups (broad SMARTS) is 1. The number of benzene rings is 1. The molecule has 0 spiro atoms. The molecule has 1 aromatic carbocycles. The van der Waals surface area contributed by atoms with Gasteiger partial charge in [0.2, 0.25) is 0 Å². The molecule has 106 valence electrons. The van der Waals surface area contributed by atoms with Gasteiger partial charge in [-0.05, 0) is 31.5 Å². The van der Waals surface area contributed by atoms with Gasteiger partial charge in [0, 0.05) is 38.9 Å². The molecule has 0 heterocycles. The fourth-order valence-electron chi connectivity index (χ4n) is 1.89. The summed E-state index contributed by atoms with van der Waals surface area (Å²) in [5, 5.41) is 8.78. The van der Waals surface area contributed by atoms with Gasteiger partial charge < -0.3 is 10.0 Å². The van der Waals surface area contributed by atoms with Crippen molar-refractivity contribution in [1.82, 2.24) is 4.90 Å². The minimum absolute atomic E-state index is 0.188. The Morgan fingerprint density at radius 3 is 2.21 bits per heavy atom. The van der Waals surface area contributed by atoms with Crippen LogP contribution >= 0.6 is 0 Å². The van der Waals surface area contributed by atoms with Crippen LogP contribution in [0.2, 0.25) is 0 Å². The SMILES string of the molecule is CC(C)N(CCC(=O)O)Cc1ccc(N(C)C)cc1. The topological polar surface area (TPSA) is 43.8 Å². The van der Waals surface area contributed by atoms with Gasteiger partial charge in [-0.15, -0.1) is 0 Å². The zero-order chi connectivity index (χ0) is 14.4. The summed E-state index contributed by atoms with van der Waals surface area (Å²) in [4.78, 5) is 14.9. The van der Waals surface area contributed by atoms with E-state index in [1.54, 1.807) is 0 Å². The smallest absolute Gasteiger partial charge is 0.304 e. The number of carboxylic acids is 1. The molecule has 1 N–H and O–H groups in total. The van der Waals surface area contributed by atoms with Gasteiger partial charge in [0.05, 0.1) is 6.42 Å². The molecule has 0 aliphatic carbocycles. The summed E-state index contributed by atoms with van der Waals surface area (Å²) in [7, 11) is 4.03. The lowest BCUT2D eigenvalue weighted by Gasteiger charge is -2.26. The maximum atomic E-state index is 10.7. The number of carbonyl (C=O) groups is 1. The van der Waals surface area contributed by atoms with Crippen LogP contribution in [-0.2, 0) is 11.3 Å². The first-order valence-electron chi connectivity index (χ1n) is 6.62. The monoisotopic (exact) mass is 264 g/mol. The Morgan fingerprint density at radius 1 is 1.21 bits per heavy atom. The maximum Gasteiger partial charge on any atom is 0.304 e. The van der Waals surface area contributed by atoms with Gasteiger partial charge in [0.25, 0.3) is 0 Å². The summed E-state index contributed by atoms with van der Waals surface area (Å²) in [6.07, 6.45) is 0.188. The molecule has 0 unspecified atom stereocenters. The number of hydrogen-bond donors (Lipinski definition) is 1. The van der Waals surface area contributed by atoms with Gasteiger partial charge in [0.15, 0.2) is 0 Å². The van der Waals surface area contributed by atoms with Crippen LogP contribution in [0.5, 0.6) is 0 Å². The molecule has 1 rings (SSSR count). The summed E-state index contributed by atoms with van der Waals surface area (Å²) in [5.74, 6) is -0.742. The van der Waals surface area contributed by atoms with Crippen LogP contribution in [0, 0.1) is 0 Å². The zero-order valence-corrected chi connectivity index (χ0v) is 12.3. The van der Waals surface area contributed by atoms with E-state index in [1.807, 2.05) is 14.1 Å². The van der Waals surface area contributed by atoms with Crippen molar-refractivity contribution >= 4 is 11.7 Å². The molecular formula is C15H24N2O2. The Bertz CT molecular complexity index is 399. The highest BCUT2D eigenvalue weighted by molar-refractivity contribution is 5.66. The van der Waals surface area contributed by atoms with E-state index in [0.717, 1.165) is 6.54 Å². The predicted molar refractivity (Wildman–Crippen MR) is 78.6 cm³/mol. The van der Waals surface area contributed by atoms with Crippen molar-refractivity contribution in [2.24, 2.45) is 0 Å². The summed E-state index contributed by atoms with van der Waals surface area (Å²) in [5.41, 5.74) is 2.38. The van der Waals surface area contributed by atoms with Crippen molar-refractivity contribution in [1.29, 1.82) is 0 Å². The third-order valence-corrected chi connectivity index (χ3v) is 3.18. The Kier molecular flexibility index (Phi) is 5.83. The first-order chi connectivity index (χ1) is 8.90. The fraction of sp³-hybridized carbons (Fsp3) is 0.533. The molecule has 0 radical (unpaired) electrons. The molecule has 0 bridgehead atoms. The second-order valence-corrected chi connectivity index (χ2v) is 5.27. The Morgan fingerprint density at radius 2 is 1.79 bits per heavy atom. The molecule has 19 heavy (non-hydrogen) atoms. The number of hydrogen-bond acceptors (Lipinski definition) is 3. The standard InChI is InChI=1S/C15H24N2O2/c1-12(2)17(10-9-15(18)19)11-13-5-7-14(8-6-13)16(3)4/h5-8,12H,9-11H2,1-4H3,(H,18,19). The number of rotatable bonds is 7. The summed E-state index contributed by atoms with van der Waals surface area (Å²) in [6.45, 7) is 5.56. The molecule has 0 aliphatic heterocycles. The first-order valence-corrected chi connectivity index (χ1v) is 6.62. The van der Waals surface area contributed by atoms with E-state index >= 15 is 0 Å². The van der Waals surface area contributed by atoms with Gasteiger partial charge in [-0.3, -0.25) is 9.69 Å². The third-order valence-electron chi connectivity index (χ3n) is 3.18. The average Bonchev–Trinajstić information content (AvgIpc) is 2.34.